The Balaban J connectivity index is 1.94. The normalized spacial score (nSPS) is 15.4. The van der Waals surface area contributed by atoms with E-state index < -0.39 is 0 Å². The summed E-state index contributed by atoms with van der Waals surface area (Å²) in [5.74, 6) is 0. The lowest BCUT2D eigenvalue weighted by Crippen LogP contribution is -2.15. The zero-order valence-corrected chi connectivity index (χ0v) is 8.29. The molecular formula is C12H16N2. The van der Waals surface area contributed by atoms with Crippen LogP contribution in [0.1, 0.15) is 24.0 Å². The van der Waals surface area contributed by atoms with Gasteiger partial charge in [-0.2, -0.15) is 0 Å². The molecule has 3 N–H and O–H groups in total. The lowest BCUT2D eigenvalue weighted by molar-refractivity contribution is 0.688. The summed E-state index contributed by atoms with van der Waals surface area (Å²) in [5, 5.41) is 3.47. The van der Waals surface area contributed by atoms with Gasteiger partial charge in [-0.15, -0.1) is 0 Å². The smallest absolute Gasteiger partial charge is 0.0314 e. The van der Waals surface area contributed by atoms with Crippen LogP contribution >= 0.6 is 0 Å². The SMILES string of the molecule is C=C(N)c1ccc(CNC2CC2)cc1. The van der Waals surface area contributed by atoms with E-state index in [1.165, 1.54) is 18.4 Å². The molecule has 2 nitrogen and oxygen atoms in total. The maximum absolute atomic E-state index is 5.59. The molecule has 0 amide bonds. The fourth-order valence-corrected chi connectivity index (χ4v) is 1.39. The molecule has 0 saturated heterocycles. The van der Waals surface area contributed by atoms with Crippen LogP contribution in [0.15, 0.2) is 30.8 Å². The molecule has 14 heavy (non-hydrogen) atoms. The third-order valence-electron chi connectivity index (χ3n) is 2.50. The predicted molar refractivity (Wildman–Crippen MR) is 59.5 cm³/mol. The molecule has 0 aliphatic heterocycles. The van der Waals surface area contributed by atoms with Crippen molar-refractivity contribution in [2.24, 2.45) is 5.73 Å². The maximum atomic E-state index is 5.59. The van der Waals surface area contributed by atoms with Gasteiger partial charge in [-0.3, -0.25) is 0 Å². The van der Waals surface area contributed by atoms with Crippen LogP contribution in [-0.2, 0) is 6.54 Å². The lowest BCUT2D eigenvalue weighted by atomic mass is 10.1. The van der Waals surface area contributed by atoms with E-state index in [0.717, 1.165) is 18.2 Å². The molecule has 0 aromatic heterocycles. The second kappa shape index (κ2) is 3.84. The highest BCUT2D eigenvalue weighted by Crippen LogP contribution is 2.19. The van der Waals surface area contributed by atoms with Crippen molar-refractivity contribution in [3.05, 3.63) is 42.0 Å². The minimum absolute atomic E-state index is 0.631. The molecule has 0 bridgehead atoms. The zero-order valence-electron chi connectivity index (χ0n) is 8.29. The van der Waals surface area contributed by atoms with Crippen molar-refractivity contribution in [3.63, 3.8) is 0 Å². The van der Waals surface area contributed by atoms with Crippen LogP contribution in [0.25, 0.3) is 5.70 Å². The summed E-state index contributed by atoms with van der Waals surface area (Å²) in [6, 6.07) is 9.00. The molecule has 1 aliphatic carbocycles. The number of hydrogen-bond acceptors (Lipinski definition) is 2. The Labute approximate surface area is 84.8 Å². The monoisotopic (exact) mass is 188 g/mol. The van der Waals surface area contributed by atoms with Gasteiger partial charge in [-0.25, -0.2) is 0 Å². The van der Waals surface area contributed by atoms with Gasteiger partial charge in [0.25, 0.3) is 0 Å². The summed E-state index contributed by atoms with van der Waals surface area (Å²) in [7, 11) is 0. The van der Waals surface area contributed by atoms with Gasteiger partial charge in [0, 0.05) is 18.3 Å². The number of benzene rings is 1. The van der Waals surface area contributed by atoms with Crippen LogP contribution in [0.2, 0.25) is 0 Å². The van der Waals surface area contributed by atoms with E-state index in [0.29, 0.717) is 5.70 Å². The number of nitrogens with one attached hydrogen (secondary N) is 1. The van der Waals surface area contributed by atoms with Crippen LogP contribution < -0.4 is 11.1 Å². The Morgan fingerprint density at radius 3 is 2.50 bits per heavy atom. The minimum Gasteiger partial charge on any atom is -0.399 e. The summed E-state index contributed by atoms with van der Waals surface area (Å²) in [4.78, 5) is 0. The third kappa shape index (κ3) is 2.36. The Bertz CT molecular complexity index is 323. The molecule has 1 aliphatic rings. The van der Waals surface area contributed by atoms with E-state index in [-0.39, 0.29) is 0 Å². The third-order valence-corrected chi connectivity index (χ3v) is 2.50. The van der Waals surface area contributed by atoms with Crippen LogP contribution in [0, 0.1) is 0 Å². The van der Waals surface area contributed by atoms with E-state index in [4.69, 9.17) is 5.73 Å². The first-order valence-corrected chi connectivity index (χ1v) is 5.03. The fourth-order valence-electron chi connectivity index (χ4n) is 1.39. The Morgan fingerprint density at radius 2 is 2.00 bits per heavy atom. The molecule has 1 aromatic carbocycles. The number of rotatable bonds is 4. The van der Waals surface area contributed by atoms with Gasteiger partial charge in [0.1, 0.15) is 0 Å². The van der Waals surface area contributed by atoms with Crippen LogP contribution in [-0.4, -0.2) is 6.04 Å². The first-order valence-electron chi connectivity index (χ1n) is 5.03. The summed E-state index contributed by atoms with van der Waals surface area (Å²) in [6.07, 6.45) is 2.66. The van der Waals surface area contributed by atoms with Crippen molar-refractivity contribution in [1.29, 1.82) is 0 Å². The number of hydrogen-bond donors (Lipinski definition) is 2. The van der Waals surface area contributed by atoms with E-state index in [1.54, 1.807) is 0 Å². The van der Waals surface area contributed by atoms with E-state index in [1.807, 2.05) is 12.1 Å². The van der Waals surface area contributed by atoms with Gasteiger partial charge in [-0.05, 0) is 24.0 Å². The molecule has 0 unspecified atom stereocenters. The molecule has 2 rings (SSSR count). The molecule has 0 heterocycles. The highest BCUT2D eigenvalue weighted by molar-refractivity contribution is 5.60. The van der Waals surface area contributed by atoms with Gasteiger partial charge in [0.05, 0.1) is 0 Å². The zero-order chi connectivity index (χ0) is 9.97. The average Bonchev–Trinajstić information content (AvgIpc) is 2.99. The van der Waals surface area contributed by atoms with Crippen molar-refractivity contribution >= 4 is 5.70 Å². The van der Waals surface area contributed by atoms with Gasteiger partial charge in [0.2, 0.25) is 0 Å². The minimum atomic E-state index is 0.631. The van der Waals surface area contributed by atoms with Crippen molar-refractivity contribution in [3.8, 4) is 0 Å². The van der Waals surface area contributed by atoms with Crippen molar-refractivity contribution in [2.75, 3.05) is 0 Å². The Kier molecular flexibility index (Phi) is 2.55. The van der Waals surface area contributed by atoms with E-state index in [9.17, 15) is 0 Å². The molecule has 0 spiro atoms. The molecule has 1 saturated carbocycles. The van der Waals surface area contributed by atoms with Gasteiger partial charge >= 0.3 is 0 Å². The maximum Gasteiger partial charge on any atom is 0.0314 e. The molecule has 1 aromatic rings. The second-order valence-corrected chi connectivity index (χ2v) is 3.88. The molecule has 0 radical (unpaired) electrons. The Hall–Kier alpha value is -1.28. The van der Waals surface area contributed by atoms with E-state index >= 15 is 0 Å². The summed E-state index contributed by atoms with van der Waals surface area (Å²) in [6.45, 7) is 4.66. The predicted octanol–water partition coefficient (Wildman–Crippen LogP) is 1.87. The van der Waals surface area contributed by atoms with E-state index in [2.05, 4.69) is 24.0 Å². The average molecular weight is 188 g/mol. The van der Waals surface area contributed by atoms with Gasteiger partial charge < -0.3 is 11.1 Å². The molecular weight excluding hydrogens is 172 g/mol. The highest BCUT2D eigenvalue weighted by atomic mass is 14.9. The topological polar surface area (TPSA) is 38.0 Å². The fraction of sp³-hybridized carbons (Fsp3) is 0.333. The van der Waals surface area contributed by atoms with Crippen molar-refractivity contribution in [2.45, 2.75) is 25.4 Å². The number of nitrogens with two attached hydrogens (primary N) is 1. The largest absolute Gasteiger partial charge is 0.399 e. The Morgan fingerprint density at radius 1 is 1.36 bits per heavy atom. The van der Waals surface area contributed by atoms with Gasteiger partial charge in [0.15, 0.2) is 0 Å². The van der Waals surface area contributed by atoms with Crippen LogP contribution in [0.3, 0.4) is 0 Å². The second-order valence-electron chi connectivity index (χ2n) is 3.88. The quantitative estimate of drug-likeness (QED) is 0.757. The summed E-state index contributed by atoms with van der Waals surface area (Å²) >= 11 is 0. The van der Waals surface area contributed by atoms with Crippen LogP contribution in [0.4, 0.5) is 0 Å². The first-order chi connectivity index (χ1) is 6.75. The highest BCUT2D eigenvalue weighted by Gasteiger charge is 2.19. The molecule has 74 valence electrons. The summed E-state index contributed by atoms with van der Waals surface area (Å²) in [5.41, 5.74) is 8.54. The first kappa shape index (κ1) is 9.28. The molecule has 1 fully saturated rings. The summed E-state index contributed by atoms with van der Waals surface area (Å²) < 4.78 is 0. The van der Waals surface area contributed by atoms with Gasteiger partial charge in [-0.1, -0.05) is 30.8 Å². The van der Waals surface area contributed by atoms with Crippen LogP contribution in [0.5, 0.6) is 0 Å². The standard InChI is InChI=1S/C12H16N2/c1-9(13)11-4-2-10(3-5-11)8-14-12-6-7-12/h2-5,12,14H,1,6-8,13H2. The molecule has 2 heteroatoms. The molecule has 0 atom stereocenters. The van der Waals surface area contributed by atoms with Crippen molar-refractivity contribution in [1.82, 2.24) is 5.32 Å². The van der Waals surface area contributed by atoms with Crippen molar-refractivity contribution < 1.29 is 0 Å². The lowest BCUT2D eigenvalue weighted by Gasteiger charge is -2.04.